The molecule has 0 saturated heterocycles. The number of aromatic amines is 1. The lowest BCUT2D eigenvalue weighted by molar-refractivity contribution is 0.0997. The molecule has 0 aliphatic heterocycles. The van der Waals surface area contributed by atoms with Gasteiger partial charge in [-0.1, -0.05) is 29.8 Å². The molecule has 5 aromatic rings. The van der Waals surface area contributed by atoms with Gasteiger partial charge in [0.15, 0.2) is 28.7 Å². The smallest absolute Gasteiger partial charge is 0.332 e. The Morgan fingerprint density at radius 2 is 1.76 bits per heavy atom. The van der Waals surface area contributed by atoms with Crippen molar-refractivity contribution in [3.05, 3.63) is 87.9 Å². The maximum Gasteiger partial charge on any atom is 0.332 e. The number of H-pyrrole nitrogens is 1. The van der Waals surface area contributed by atoms with Crippen molar-refractivity contribution in [3.63, 3.8) is 0 Å². The molecule has 0 aliphatic rings. The van der Waals surface area contributed by atoms with Gasteiger partial charge in [0.25, 0.3) is 5.91 Å². The number of amides is 1. The normalized spacial score (nSPS) is 11.3. The number of methoxy groups -OCH3 is 1. The molecular weight excluding hydrogens is 498 g/mol. The van der Waals surface area contributed by atoms with Gasteiger partial charge in [0.1, 0.15) is 5.52 Å². The molecule has 3 aromatic carbocycles. The predicted molar refractivity (Wildman–Crippen MR) is 137 cm³/mol. The van der Waals surface area contributed by atoms with E-state index in [0.717, 1.165) is 0 Å². The number of phenols is 1. The fraction of sp³-hybridized carbons (Fsp3) is 0.0400. The summed E-state index contributed by atoms with van der Waals surface area (Å²) in [5, 5.41) is 19.8. The standard InChI is InChI=1S/C25H18ClN7O4/c1-37-18-12-15(32-31-14-9-7-13(26)8-10-14)11-17(21(18)34)23-28-19(22(27)35)20-24(30-23)33(25(36)29-20)16-5-3-2-4-6-16/h2-12,34H,1H3,(H2,27,35)(H,29,36). The van der Waals surface area contributed by atoms with E-state index >= 15 is 0 Å². The van der Waals surface area contributed by atoms with Gasteiger partial charge in [-0.15, -0.1) is 0 Å². The number of phenolic OH excluding ortho intramolecular Hbond substituents is 1. The molecule has 2 aromatic heterocycles. The zero-order chi connectivity index (χ0) is 26.1. The van der Waals surface area contributed by atoms with E-state index in [9.17, 15) is 14.7 Å². The summed E-state index contributed by atoms with van der Waals surface area (Å²) in [6.45, 7) is 0. The first-order valence-electron chi connectivity index (χ1n) is 10.8. The second kappa shape index (κ2) is 9.55. The Balaban J connectivity index is 1.72. The molecule has 0 fully saturated rings. The number of aromatic nitrogens is 4. The van der Waals surface area contributed by atoms with Gasteiger partial charge in [0.05, 0.1) is 29.7 Å². The summed E-state index contributed by atoms with van der Waals surface area (Å²) in [5.41, 5.74) is 6.42. The van der Waals surface area contributed by atoms with Crippen LogP contribution in [0.25, 0.3) is 28.2 Å². The lowest BCUT2D eigenvalue weighted by Crippen LogP contribution is -2.15. The SMILES string of the molecule is COc1cc(N=Nc2ccc(Cl)cc2)cc(-c2nc(C(N)=O)c3[nH]c(=O)n(-c4ccccc4)c3n2)c1O. The maximum absolute atomic E-state index is 12.8. The fourth-order valence-electron chi connectivity index (χ4n) is 3.70. The number of nitrogens with one attached hydrogen (secondary N) is 1. The summed E-state index contributed by atoms with van der Waals surface area (Å²) < 4.78 is 6.58. The van der Waals surface area contributed by atoms with Crippen LogP contribution in [0.15, 0.2) is 81.8 Å². The summed E-state index contributed by atoms with van der Waals surface area (Å²) in [5.74, 6) is -1.20. The van der Waals surface area contributed by atoms with Crippen LogP contribution in [-0.4, -0.2) is 37.6 Å². The molecule has 37 heavy (non-hydrogen) atoms. The van der Waals surface area contributed by atoms with Crippen LogP contribution in [0.4, 0.5) is 11.4 Å². The van der Waals surface area contributed by atoms with Crippen molar-refractivity contribution in [2.45, 2.75) is 0 Å². The van der Waals surface area contributed by atoms with Gasteiger partial charge < -0.3 is 20.6 Å². The maximum atomic E-state index is 12.8. The number of primary amides is 1. The highest BCUT2D eigenvalue weighted by Crippen LogP contribution is 2.40. The minimum Gasteiger partial charge on any atom is -0.504 e. The number of halogens is 1. The molecule has 2 heterocycles. The minimum atomic E-state index is -0.889. The molecule has 0 radical (unpaired) electrons. The van der Waals surface area contributed by atoms with Gasteiger partial charge in [-0.2, -0.15) is 10.2 Å². The molecule has 12 heteroatoms. The summed E-state index contributed by atoms with van der Waals surface area (Å²) in [7, 11) is 1.37. The quantitative estimate of drug-likeness (QED) is 0.279. The number of ether oxygens (including phenoxy) is 1. The van der Waals surface area contributed by atoms with Crippen LogP contribution in [0, 0.1) is 0 Å². The van der Waals surface area contributed by atoms with Crippen LogP contribution in [0.5, 0.6) is 11.5 Å². The zero-order valence-corrected chi connectivity index (χ0v) is 20.0. The van der Waals surface area contributed by atoms with E-state index in [0.29, 0.717) is 22.1 Å². The van der Waals surface area contributed by atoms with Gasteiger partial charge in [-0.25, -0.2) is 19.3 Å². The number of azo groups is 1. The second-order valence-corrected chi connectivity index (χ2v) is 8.22. The van der Waals surface area contributed by atoms with Crippen molar-refractivity contribution in [2.75, 3.05) is 7.11 Å². The average Bonchev–Trinajstić information content (AvgIpc) is 3.24. The summed E-state index contributed by atoms with van der Waals surface area (Å²) in [4.78, 5) is 36.4. The number of benzene rings is 3. The van der Waals surface area contributed by atoms with Gasteiger partial charge in [0.2, 0.25) is 0 Å². The van der Waals surface area contributed by atoms with E-state index in [4.69, 9.17) is 22.1 Å². The number of para-hydroxylation sites is 1. The molecule has 0 aliphatic carbocycles. The van der Waals surface area contributed by atoms with Crippen LogP contribution in [0.1, 0.15) is 10.5 Å². The number of nitrogens with two attached hydrogens (primary N) is 1. The molecule has 184 valence electrons. The van der Waals surface area contributed by atoms with Crippen LogP contribution < -0.4 is 16.2 Å². The fourth-order valence-corrected chi connectivity index (χ4v) is 3.83. The Morgan fingerprint density at radius 3 is 2.43 bits per heavy atom. The topological polar surface area (TPSA) is 161 Å². The highest BCUT2D eigenvalue weighted by molar-refractivity contribution is 6.30. The first-order valence-corrected chi connectivity index (χ1v) is 11.2. The Labute approximate surface area is 213 Å². The van der Waals surface area contributed by atoms with Crippen molar-refractivity contribution in [1.29, 1.82) is 0 Å². The Morgan fingerprint density at radius 1 is 1.05 bits per heavy atom. The molecule has 0 saturated carbocycles. The summed E-state index contributed by atoms with van der Waals surface area (Å²) in [6, 6.07) is 18.4. The van der Waals surface area contributed by atoms with Crippen LogP contribution in [-0.2, 0) is 0 Å². The molecule has 0 spiro atoms. The van der Waals surface area contributed by atoms with E-state index in [2.05, 4.69) is 25.2 Å². The minimum absolute atomic E-state index is 0.0649. The third-order valence-corrected chi connectivity index (χ3v) is 5.66. The van der Waals surface area contributed by atoms with Crippen LogP contribution >= 0.6 is 11.6 Å². The van der Waals surface area contributed by atoms with E-state index in [1.807, 2.05) is 0 Å². The monoisotopic (exact) mass is 515 g/mol. The van der Waals surface area contributed by atoms with Gasteiger partial charge >= 0.3 is 5.69 Å². The lowest BCUT2D eigenvalue weighted by Gasteiger charge is -2.11. The molecule has 4 N–H and O–H groups in total. The third kappa shape index (κ3) is 4.50. The molecular formula is C25H18ClN7O4. The molecule has 0 atom stereocenters. The van der Waals surface area contributed by atoms with Crippen molar-refractivity contribution in [2.24, 2.45) is 16.0 Å². The van der Waals surface area contributed by atoms with Crippen molar-refractivity contribution in [1.82, 2.24) is 19.5 Å². The zero-order valence-electron chi connectivity index (χ0n) is 19.2. The summed E-state index contributed by atoms with van der Waals surface area (Å²) >= 11 is 5.92. The number of carbonyl (C=O) groups is 1. The first-order chi connectivity index (χ1) is 17.9. The van der Waals surface area contributed by atoms with E-state index in [-0.39, 0.29) is 39.7 Å². The Kier molecular flexibility index (Phi) is 6.12. The number of hydrogen-bond donors (Lipinski definition) is 3. The van der Waals surface area contributed by atoms with Crippen molar-refractivity contribution < 1.29 is 14.6 Å². The predicted octanol–water partition coefficient (Wildman–Crippen LogP) is 4.66. The van der Waals surface area contributed by atoms with Crippen LogP contribution in [0.3, 0.4) is 0 Å². The number of rotatable bonds is 6. The number of aromatic hydroxyl groups is 1. The lowest BCUT2D eigenvalue weighted by atomic mass is 10.1. The van der Waals surface area contributed by atoms with E-state index < -0.39 is 11.6 Å². The van der Waals surface area contributed by atoms with E-state index in [1.165, 1.54) is 23.8 Å². The highest BCUT2D eigenvalue weighted by Gasteiger charge is 2.23. The van der Waals surface area contributed by atoms with Crippen LogP contribution in [0.2, 0.25) is 5.02 Å². The van der Waals surface area contributed by atoms with Gasteiger partial charge in [0, 0.05) is 11.1 Å². The van der Waals surface area contributed by atoms with Crippen molar-refractivity contribution >= 4 is 40.0 Å². The first kappa shape index (κ1) is 23.7. The molecule has 0 unspecified atom stereocenters. The third-order valence-electron chi connectivity index (χ3n) is 5.41. The summed E-state index contributed by atoms with van der Waals surface area (Å²) in [6.07, 6.45) is 0. The molecule has 0 bridgehead atoms. The van der Waals surface area contributed by atoms with Crippen molar-refractivity contribution in [3.8, 4) is 28.6 Å². The van der Waals surface area contributed by atoms with Gasteiger partial charge in [-0.05, 0) is 42.5 Å². The van der Waals surface area contributed by atoms with Gasteiger partial charge in [-0.3, -0.25) is 4.79 Å². The number of nitrogens with zero attached hydrogens (tertiary/aromatic N) is 5. The number of carbonyl (C=O) groups excluding carboxylic acids is 1. The Bertz CT molecular complexity index is 1730. The molecule has 11 nitrogen and oxygen atoms in total. The molecule has 1 amide bonds. The largest absolute Gasteiger partial charge is 0.504 e. The highest BCUT2D eigenvalue weighted by atomic mass is 35.5. The number of fused-ring (bicyclic) bond motifs is 1. The average molecular weight is 516 g/mol. The number of hydrogen-bond acceptors (Lipinski definition) is 8. The Hall–Kier alpha value is -5.03. The number of imidazole rings is 1. The van der Waals surface area contributed by atoms with E-state index in [1.54, 1.807) is 54.6 Å². The molecule has 5 rings (SSSR count). The second-order valence-electron chi connectivity index (χ2n) is 7.78.